The van der Waals surface area contributed by atoms with E-state index in [4.69, 9.17) is 0 Å². The molecule has 2 atom stereocenters. The Morgan fingerprint density at radius 2 is 2.33 bits per heavy atom. The number of hydrogen-bond donors (Lipinski definition) is 1. The van der Waals surface area contributed by atoms with Crippen LogP contribution in [0.4, 0.5) is 0 Å². The summed E-state index contributed by atoms with van der Waals surface area (Å²) < 4.78 is 0. The Morgan fingerprint density at radius 3 is 3.11 bits per heavy atom. The Balaban J connectivity index is 1.85. The lowest BCUT2D eigenvalue weighted by Gasteiger charge is -2.29. The minimum Gasteiger partial charge on any atom is -0.314 e. The van der Waals surface area contributed by atoms with Gasteiger partial charge < -0.3 is 5.32 Å². The minimum absolute atomic E-state index is 0.676. The molecular formula is C14H23N3S. The highest BCUT2D eigenvalue weighted by Gasteiger charge is 2.22. The maximum absolute atomic E-state index is 4.49. The highest BCUT2D eigenvalue weighted by atomic mass is 32.2. The molecule has 2 rings (SSSR count). The van der Waals surface area contributed by atoms with Gasteiger partial charge in [-0.2, -0.15) is 0 Å². The Labute approximate surface area is 114 Å². The zero-order valence-electron chi connectivity index (χ0n) is 11.4. The van der Waals surface area contributed by atoms with Crippen molar-refractivity contribution in [2.75, 3.05) is 6.54 Å². The van der Waals surface area contributed by atoms with Crippen molar-refractivity contribution in [2.24, 2.45) is 0 Å². The van der Waals surface area contributed by atoms with Gasteiger partial charge in [-0.3, -0.25) is 0 Å². The number of nitrogens with zero attached hydrogens (tertiary/aromatic N) is 2. The van der Waals surface area contributed by atoms with Crippen molar-refractivity contribution in [3.63, 3.8) is 0 Å². The van der Waals surface area contributed by atoms with E-state index < -0.39 is 0 Å². The van der Waals surface area contributed by atoms with Gasteiger partial charge in [0.25, 0.3) is 0 Å². The number of aryl methyl sites for hydroxylation is 1. The molecule has 0 saturated heterocycles. The van der Waals surface area contributed by atoms with E-state index in [1.54, 1.807) is 0 Å². The molecule has 0 amide bonds. The van der Waals surface area contributed by atoms with Gasteiger partial charge in [0.1, 0.15) is 0 Å². The first-order chi connectivity index (χ1) is 8.78. The molecule has 1 aromatic rings. The van der Waals surface area contributed by atoms with E-state index in [1.807, 2.05) is 30.9 Å². The van der Waals surface area contributed by atoms with Crippen LogP contribution >= 0.6 is 11.8 Å². The zero-order chi connectivity index (χ0) is 12.8. The fraction of sp³-hybridized carbons (Fsp3) is 0.714. The SMILES string of the molecule is CCCNC1CCCC(Sc2nccc(C)n2)C1. The summed E-state index contributed by atoms with van der Waals surface area (Å²) in [4.78, 5) is 8.84. The second kappa shape index (κ2) is 7.10. The molecule has 1 aliphatic rings. The monoisotopic (exact) mass is 265 g/mol. The van der Waals surface area contributed by atoms with Crippen molar-refractivity contribution >= 4 is 11.8 Å². The fourth-order valence-electron chi connectivity index (χ4n) is 2.42. The molecule has 100 valence electrons. The van der Waals surface area contributed by atoms with Gasteiger partial charge >= 0.3 is 0 Å². The van der Waals surface area contributed by atoms with E-state index in [1.165, 1.54) is 32.1 Å². The molecule has 0 spiro atoms. The van der Waals surface area contributed by atoms with Crippen LogP contribution < -0.4 is 5.32 Å². The summed E-state index contributed by atoms with van der Waals surface area (Å²) in [5.74, 6) is 0. The van der Waals surface area contributed by atoms with E-state index in [-0.39, 0.29) is 0 Å². The van der Waals surface area contributed by atoms with Crippen molar-refractivity contribution in [3.8, 4) is 0 Å². The molecule has 4 heteroatoms. The van der Waals surface area contributed by atoms with Crippen LogP contribution in [0.25, 0.3) is 0 Å². The third-order valence-electron chi connectivity index (χ3n) is 3.35. The lowest BCUT2D eigenvalue weighted by Crippen LogP contribution is -2.35. The van der Waals surface area contributed by atoms with Crippen molar-refractivity contribution in [2.45, 2.75) is 62.4 Å². The average molecular weight is 265 g/mol. The van der Waals surface area contributed by atoms with Crippen molar-refractivity contribution in [1.82, 2.24) is 15.3 Å². The molecule has 0 aliphatic heterocycles. The van der Waals surface area contributed by atoms with Gasteiger partial charge in [-0.1, -0.05) is 25.1 Å². The van der Waals surface area contributed by atoms with E-state index >= 15 is 0 Å². The predicted molar refractivity (Wildman–Crippen MR) is 77.0 cm³/mol. The second-order valence-corrected chi connectivity index (χ2v) is 6.31. The summed E-state index contributed by atoms with van der Waals surface area (Å²) in [6.07, 6.45) is 8.28. The summed E-state index contributed by atoms with van der Waals surface area (Å²) in [6, 6.07) is 2.65. The van der Waals surface area contributed by atoms with Crippen LogP contribution in [0.5, 0.6) is 0 Å². The van der Waals surface area contributed by atoms with Crippen LogP contribution in [0.15, 0.2) is 17.4 Å². The molecule has 1 aliphatic carbocycles. The van der Waals surface area contributed by atoms with E-state index in [9.17, 15) is 0 Å². The second-order valence-electron chi connectivity index (χ2n) is 5.04. The maximum Gasteiger partial charge on any atom is 0.187 e. The first-order valence-electron chi connectivity index (χ1n) is 6.97. The Bertz CT molecular complexity index is 370. The molecule has 0 bridgehead atoms. The van der Waals surface area contributed by atoms with Gasteiger partial charge in [0.2, 0.25) is 0 Å². The summed E-state index contributed by atoms with van der Waals surface area (Å²) in [5, 5.41) is 5.26. The van der Waals surface area contributed by atoms with Gasteiger partial charge in [0.15, 0.2) is 5.16 Å². The quantitative estimate of drug-likeness (QED) is 0.830. The van der Waals surface area contributed by atoms with Crippen LogP contribution in [-0.2, 0) is 0 Å². The highest BCUT2D eigenvalue weighted by molar-refractivity contribution is 7.99. The van der Waals surface area contributed by atoms with Gasteiger partial charge in [0, 0.05) is 23.2 Å². The lowest BCUT2D eigenvalue weighted by atomic mass is 9.95. The molecule has 1 aromatic heterocycles. The van der Waals surface area contributed by atoms with E-state index in [2.05, 4.69) is 22.2 Å². The first kappa shape index (κ1) is 13.8. The standard InChI is InChI=1S/C14H23N3S/c1-3-8-15-12-5-4-6-13(10-12)18-14-16-9-7-11(2)17-14/h7,9,12-13,15H,3-6,8,10H2,1-2H3. The molecule has 2 unspecified atom stereocenters. The Kier molecular flexibility index (Phi) is 5.45. The molecule has 0 aromatic carbocycles. The number of hydrogen-bond acceptors (Lipinski definition) is 4. The molecule has 0 radical (unpaired) electrons. The summed E-state index contributed by atoms with van der Waals surface area (Å²) in [6.45, 7) is 5.39. The van der Waals surface area contributed by atoms with Crippen molar-refractivity contribution in [1.29, 1.82) is 0 Å². The predicted octanol–water partition coefficient (Wildman–Crippen LogP) is 3.19. The largest absolute Gasteiger partial charge is 0.314 e. The zero-order valence-corrected chi connectivity index (χ0v) is 12.2. The van der Waals surface area contributed by atoms with Gasteiger partial charge in [-0.15, -0.1) is 0 Å². The highest BCUT2D eigenvalue weighted by Crippen LogP contribution is 2.31. The lowest BCUT2D eigenvalue weighted by molar-refractivity contribution is 0.381. The van der Waals surface area contributed by atoms with Crippen LogP contribution in [0.2, 0.25) is 0 Å². The number of nitrogens with one attached hydrogen (secondary N) is 1. The number of rotatable bonds is 5. The van der Waals surface area contributed by atoms with Crippen LogP contribution in [0.3, 0.4) is 0 Å². The van der Waals surface area contributed by atoms with Gasteiger partial charge in [0.05, 0.1) is 0 Å². The molecule has 1 saturated carbocycles. The Morgan fingerprint density at radius 1 is 1.44 bits per heavy atom. The summed E-state index contributed by atoms with van der Waals surface area (Å²) in [7, 11) is 0. The molecule has 1 N–H and O–H groups in total. The molecule has 18 heavy (non-hydrogen) atoms. The fourth-order valence-corrected chi connectivity index (χ4v) is 3.65. The minimum atomic E-state index is 0.676. The van der Waals surface area contributed by atoms with Crippen LogP contribution in [-0.4, -0.2) is 27.8 Å². The molecule has 1 heterocycles. The Hall–Kier alpha value is -0.610. The number of thioether (sulfide) groups is 1. The van der Waals surface area contributed by atoms with E-state index in [0.717, 1.165) is 17.4 Å². The van der Waals surface area contributed by atoms with Crippen molar-refractivity contribution < 1.29 is 0 Å². The average Bonchev–Trinajstić information content (AvgIpc) is 2.37. The normalized spacial score (nSPS) is 24.1. The van der Waals surface area contributed by atoms with Crippen molar-refractivity contribution in [3.05, 3.63) is 18.0 Å². The van der Waals surface area contributed by atoms with Gasteiger partial charge in [-0.05, 0) is 45.2 Å². The smallest absolute Gasteiger partial charge is 0.187 e. The van der Waals surface area contributed by atoms with Gasteiger partial charge in [-0.25, -0.2) is 9.97 Å². The first-order valence-corrected chi connectivity index (χ1v) is 7.85. The summed E-state index contributed by atoms with van der Waals surface area (Å²) in [5.41, 5.74) is 1.06. The van der Waals surface area contributed by atoms with Crippen LogP contribution in [0, 0.1) is 6.92 Å². The molecule has 3 nitrogen and oxygen atoms in total. The van der Waals surface area contributed by atoms with Crippen LogP contribution in [0.1, 0.15) is 44.7 Å². The topological polar surface area (TPSA) is 37.8 Å². The van der Waals surface area contributed by atoms with E-state index in [0.29, 0.717) is 11.3 Å². The third kappa shape index (κ3) is 4.25. The third-order valence-corrected chi connectivity index (χ3v) is 4.52. The number of aromatic nitrogens is 2. The molecular weight excluding hydrogens is 242 g/mol. The molecule has 1 fully saturated rings. The summed E-state index contributed by atoms with van der Waals surface area (Å²) >= 11 is 1.85. The maximum atomic E-state index is 4.49.